The van der Waals surface area contributed by atoms with Crippen molar-refractivity contribution < 1.29 is 23.9 Å². The normalized spacial score (nSPS) is 49.1. The summed E-state index contributed by atoms with van der Waals surface area (Å²) in [5, 5.41) is 0. The fourth-order valence-corrected chi connectivity index (χ4v) is 10.8. The lowest BCUT2D eigenvalue weighted by Gasteiger charge is -2.60. The lowest BCUT2D eigenvalue weighted by atomic mass is 9.44. The highest BCUT2D eigenvalue weighted by Crippen LogP contribution is 2.68. The van der Waals surface area contributed by atoms with E-state index in [4.69, 9.17) is 4.74 Å². The maximum Gasteiger partial charge on any atom is 0.303 e. The molecule has 4 aliphatic rings. The average Bonchev–Trinajstić information content (AvgIpc) is 2.93. The van der Waals surface area contributed by atoms with E-state index in [1.165, 1.54) is 6.92 Å². The molecular weight excluding hydrogens is 528 g/mol. The fraction of sp³-hybridized carbons (Fsp3) is 0.833. The summed E-state index contributed by atoms with van der Waals surface area (Å²) in [4.78, 5) is 50.2. The number of carbonyl (C=O) groups excluding carboxylic acids is 4. The van der Waals surface area contributed by atoms with Crippen molar-refractivity contribution in [1.29, 1.82) is 0 Å². The number of ketones is 3. The van der Waals surface area contributed by atoms with Gasteiger partial charge >= 0.3 is 5.97 Å². The maximum absolute atomic E-state index is 13.8. The smallest absolute Gasteiger partial charge is 0.303 e. The van der Waals surface area contributed by atoms with Gasteiger partial charge in [0.2, 0.25) is 0 Å². The van der Waals surface area contributed by atoms with E-state index in [0.717, 1.165) is 19.3 Å². The Balaban J connectivity index is 1.65. The standard InChI is InChI=1S/C24H32Br2O5/c1-11-7-15-13-5-6-14-21(26)22(30)16(25)8-23(14,3)20(13)17(28)9-24(15,4)19(11)18(29)10-31-12(2)27/h11,13-16,19-21H,5-10H2,1-4H3/t11-,13+,14-,15+,16?,19-,20-,21?,23+,24+/m1/s1. The van der Waals surface area contributed by atoms with Gasteiger partial charge in [-0.25, -0.2) is 0 Å². The zero-order chi connectivity index (χ0) is 22.9. The molecule has 0 aliphatic heterocycles. The number of rotatable bonds is 3. The third-order valence-electron chi connectivity index (χ3n) is 9.29. The molecule has 0 aromatic carbocycles. The largest absolute Gasteiger partial charge is 0.458 e. The molecule has 0 heterocycles. The highest BCUT2D eigenvalue weighted by atomic mass is 79.9. The summed E-state index contributed by atoms with van der Waals surface area (Å²) in [5.41, 5.74) is -0.606. The van der Waals surface area contributed by atoms with Crippen LogP contribution >= 0.6 is 31.9 Å². The zero-order valence-corrected chi connectivity index (χ0v) is 21.8. The number of fused-ring (bicyclic) bond motifs is 5. The van der Waals surface area contributed by atoms with Crippen LogP contribution in [-0.2, 0) is 23.9 Å². The molecule has 7 heteroatoms. The molecule has 4 aliphatic carbocycles. The minimum absolute atomic E-state index is 0.0526. The molecule has 4 saturated carbocycles. The molecule has 0 amide bonds. The molecular formula is C24H32Br2O5. The third kappa shape index (κ3) is 3.51. The lowest BCUT2D eigenvalue weighted by Crippen LogP contribution is -2.61. The Hall–Kier alpha value is -0.560. The number of halogens is 2. The van der Waals surface area contributed by atoms with Gasteiger partial charge in [-0.2, -0.15) is 0 Å². The first-order valence-corrected chi connectivity index (χ1v) is 13.3. The number of ether oxygens (including phenoxy) is 1. The molecule has 0 radical (unpaired) electrons. The molecule has 0 spiro atoms. The van der Waals surface area contributed by atoms with E-state index < -0.39 is 5.97 Å². The quantitative estimate of drug-likeness (QED) is 0.375. The van der Waals surface area contributed by atoms with Gasteiger partial charge < -0.3 is 4.74 Å². The SMILES string of the molecule is CC(=O)OCC(=O)[C@H]1[C@H](C)C[C@H]2[C@@H]3CC[C@@H]4C(Br)C(=O)C(Br)C[C@]4(C)[C@H]3C(=O)C[C@@]21C. The molecule has 4 fully saturated rings. The highest BCUT2D eigenvalue weighted by Gasteiger charge is 2.67. The number of alkyl halides is 2. The Morgan fingerprint density at radius 3 is 2.42 bits per heavy atom. The molecule has 5 nitrogen and oxygen atoms in total. The van der Waals surface area contributed by atoms with E-state index in [1.54, 1.807) is 0 Å². The van der Waals surface area contributed by atoms with Crippen LogP contribution in [-0.4, -0.2) is 39.6 Å². The monoisotopic (exact) mass is 558 g/mol. The van der Waals surface area contributed by atoms with Gasteiger partial charge in [-0.05, 0) is 60.2 Å². The second kappa shape index (κ2) is 8.03. The summed E-state index contributed by atoms with van der Waals surface area (Å²) >= 11 is 7.25. The summed E-state index contributed by atoms with van der Waals surface area (Å²) in [6.07, 6.45) is 3.88. The molecule has 4 rings (SSSR count). The van der Waals surface area contributed by atoms with Gasteiger partial charge in [0.25, 0.3) is 0 Å². The van der Waals surface area contributed by atoms with Crippen LogP contribution in [0.25, 0.3) is 0 Å². The van der Waals surface area contributed by atoms with Gasteiger partial charge in [-0.1, -0.05) is 52.6 Å². The Morgan fingerprint density at radius 2 is 1.77 bits per heavy atom. The summed E-state index contributed by atoms with van der Waals surface area (Å²) < 4.78 is 5.03. The van der Waals surface area contributed by atoms with Crippen LogP contribution in [0.3, 0.4) is 0 Å². The van der Waals surface area contributed by atoms with Crippen LogP contribution < -0.4 is 0 Å². The number of carbonyl (C=O) groups is 4. The van der Waals surface area contributed by atoms with Crippen molar-refractivity contribution >= 4 is 55.2 Å². The Morgan fingerprint density at radius 1 is 1.10 bits per heavy atom. The molecule has 0 aromatic rings. The first-order chi connectivity index (χ1) is 14.4. The van der Waals surface area contributed by atoms with E-state index in [9.17, 15) is 19.2 Å². The van der Waals surface area contributed by atoms with Gasteiger partial charge in [0.05, 0.1) is 9.65 Å². The van der Waals surface area contributed by atoms with Gasteiger partial charge in [0, 0.05) is 25.2 Å². The first-order valence-electron chi connectivity index (χ1n) is 11.4. The van der Waals surface area contributed by atoms with Gasteiger partial charge in [0.1, 0.15) is 12.4 Å². The maximum atomic E-state index is 13.8. The predicted molar refractivity (Wildman–Crippen MR) is 123 cm³/mol. The number of esters is 1. The molecule has 0 bridgehead atoms. The molecule has 0 N–H and O–H groups in total. The first kappa shape index (κ1) is 23.6. The second-order valence-corrected chi connectivity index (χ2v) is 13.1. The highest BCUT2D eigenvalue weighted by molar-refractivity contribution is 9.10. The van der Waals surface area contributed by atoms with Crippen LogP contribution in [0, 0.1) is 46.3 Å². The fourth-order valence-electron chi connectivity index (χ4n) is 8.27. The van der Waals surface area contributed by atoms with Gasteiger partial charge in [-0.3, -0.25) is 19.2 Å². The van der Waals surface area contributed by atoms with Crippen LogP contribution in [0.15, 0.2) is 0 Å². The molecule has 0 saturated heterocycles. The van der Waals surface area contributed by atoms with Gasteiger partial charge in [-0.15, -0.1) is 0 Å². The Kier molecular flexibility index (Phi) is 6.11. The van der Waals surface area contributed by atoms with E-state index in [0.29, 0.717) is 18.8 Å². The van der Waals surface area contributed by atoms with Gasteiger partial charge in [0.15, 0.2) is 11.6 Å². The van der Waals surface area contributed by atoms with Crippen LogP contribution in [0.1, 0.15) is 59.8 Å². The summed E-state index contributed by atoms with van der Waals surface area (Å²) in [5.74, 6) is 0.502. The topological polar surface area (TPSA) is 77.5 Å². The van der Waals surface area contributed by atoms with Crippen molar-refractivity contribution in [2.75, 3.05) is 6.61 Å². The van der Waals surface area contributed by atoms with Crippen molar-refractivity contribution in [3.8, 4) is 0 Å². The number of hydrogen-bond acceptors (Lipinski definition) is 5. The van der Waals surface area contributed by atoms with Crippen molar-refractivity contribution in [1.82, 2.24) is 0 Å². The van der Waals surface area contributed by atoms with Crippen LogP contribution in [0.2, 0.25) is 0 Å². The van der Waals surface area contributed by atoms with Crippen LogP contribution in [0.5, 0.6) is 0 Å². The van der Waals surface area contributed by atoms with Crippen LogP contribution in [0.4, 0.5) is 0 Å². The molecule has 31 heavy (non-hydrogen) atoms. The third-order valence-corrected chi connectivity index (χ3v) is 11.1. The van der Waals surface area contributed by atoms with Crippen molar-refractivity contribution in [2.45, 2.75) is 69.5 Å². The minimum Gasteiger partial charge on any atom is -0.458 e. The predicted octanol–water partition coefficient (Wildman–Crippen LogP) is 4.52. The molecule has 10 atom stereocenters. The summed E-state index contributed by atoms with van der Waals surface area (Å²) in [6, 6.07) is 0. The molecule has 2 unspecified atom stereocenters. The van der Waals surface area contributed by atoms with Crippen molar-refractivity contribution in [3.05, 3.63) is 0 Å². The van der Waals surface area contributed by atoms with Crippen molar-refractivity contribution in [3.63, 3.8) is 0 Å². The minimum atomic E-state index is -0.452. The van der Waals surface area contributed by atoms with E-state index in [-0.39, 0.29) is 74.0 Å². The second-order valence-electron chi connectivity index (χ2n) is 11.0. The number of hydrogen-bond donors (Lipinski definition) is 0. The van der Waals surface area contributed by atoms with E-state index in [2.05, 4.69) is 52.6 Å². The van der Waals surface area contributed by atoms with Crippen molar-refractivity contribution in [2.24, 2.45) is 46.3 Å². The van der Waals surface area contributed by atoms with E-state index >= 15 is 0 Å². The summed E-state index contributed by atoms with van der Waals surface area (Å²) in [7, 11) is 0. The summed E-state index contributed by atoms with van der Waals surface area (Å²) in [6.45, 7) is 7.55. The Labute approximate surface area is 201 Å². The molecule has 172 valence electrons. The van der Waals surface area contributed by atoms with E-state index in [1.807, 2.05) is 0 Å². The molecule has 0 aromatic heterocycles. The average molecular weight is 560 g/mol. The zero-order valence-electron chi connectivity index (χ0n) is 18.7. The lowest BCUT2D eigenvalue weighted by molar-refractivity contribution is -0.162. The number of Topliss-reactive ketones (excluding diaryl/α,β-unsaturated/α-hetero) is 3. The Bertz CT molecular complexity index is 827.